The Morgan fingerprint density at radius 2 is 2.20 bits per heavy atom. The highest BCUT2D eigenvalue weighted by Crippen LogP contribution is 2.18. The number of aromatic carboxylic acids is 1. The van der Waals surface area contributed by atoms with Gasteiger partial charge in [-0.05, 0) is 30.9 Å². The first-order valence-electron chi connectivity index (χ1n) is 6.07. The first kappa shape index (κ1) is 14.3. The maximum absolute atomic E-state index is 11.9. The van der Waals surface area contributed by atoms with Gasteiger partial charge in [0, 0.05) is 16.7 Å². The first-order chi connectivity index (χ1) is 9.56. The van der Waals surface area contributed by atoms with E-state index in [0.29, 0.717) is 12.0 Å². The van der Waals surface area contributed by atoms with Crippen molar-refractivity contribution in [3.63, 3.8) is 0 Å². The van der Waals surface area contributed by atoms with E-state index in [4.69, 9.17) is 5.11 Å². The van der Waals surface area contributed by atoms with Gasteiger partial charge in [-0.15, -0.1) is 11.8 Å². The summed E-state index contributed by atoms with van der Waals surface area (Å²) < 4.78 is 1.45. The van der Waals surface area contributed by atoms with Crippen LogP contribution in [0, 0.1) is 0 Å². The van der Waals surface area contributed by atoms with Crippen LogP contribution >= 0.6 is 11.8 Å². The number of rotatable bonds is 4. The molecule has 5 nitrogen and oxygen atoms in total. The summed E-state index contributed by atoms with van der Waals surface area (Å²) in [6.45, 7) is 1.81. The minimum Gasteiger partial charge on any atom is -0.476 e. The molecule has 2 aromatic rings. The van der Waals surface area contributed by atoms with Crippen LogP contribution in [0.3, 0.4) is 0 Å². The summed E-state index contributed by atoms with van der Waals surface area (Å²) in [7, 11) is 0. The average Bonchev–Trinajstić information content (AvgIpc) is 2.47. The van der Waals surface area contributed by atoms with Crippen LogP contribution in [0.1, 0.15) is 23.0 Å². The Labute approximate surface area is 120 Å². The lowest BCUT2D eigenvalue weighted by Crippen LogP contribution is -2.24. The molecule has 0 saturated heterocycles. The van der Waals surface area contributed by atoms with Crippen molar-refractivity contribution in [2.24, 2.45) is 0 Å². The van der Waals surface area contributed by atoms with Crippen LogP contribution < -0.4 is 5.43 Å². The highest BCUT2D eigenvalue weighted by Gasteiger charge is 2.15. The van der Waals surface area contributed by atoms with Gasteiger partial charge >= 0.3 is 5.97 Å². The number of benzene rings is 1. The lowest BCUT2D eigenvalue weighted by atomic mass is 10.2. The topological polar surface area (TPSA) is 72.2 Å². The normalized spacial score (nSPS) is 10.5. The molecular weight excluding hydrogens is 276 g/mol. The van der Waals surface area contributed by atoms with Crippen LogP contribution in [0.15, 0.2) is 40.2 Å². The van der Waals surface area contributed by atoms with Crippen molar-refractivity contribution in [1.29, 1.82) is 0 Å². The van der Waals surface area contributed by atoms with Gasteiger partial charge in [-0.1, -0.05) is 13.0 Å². The molecule has 1 N–H and O–H groups in total. The second-order valence-corrected chi connectivity index (χ2v) is 5.02. The van der Waals surface area contributed by atoms with Crippen molar-refractivity contribution < 1.29 is 9.90 Å². The maximum Gasteiger partial charge on any atom is 0.360 e. The van der Waals surface area contributed by atoms with Gasteiger partial charge in [0.1, 0.15) is 0 Å². The minimum absolute atomic E-state index is 0.437. The van der Waals surface area contributed by atoms with Gasteiger partial charge in [0.25, 0.3) is 0 Å². The number of hydrogen-bond donors (Lipinski definition) is 1. The molecule has 20 heavy (non-hydrogen) atoms. The fourth-order valence-corrected chi connectivity index (χ4v) is 2.27. The number of aromatic nitrogens is 2. The van der Waals surface area contributed by atoms with E-state index in [1.165, 1.54) is 4.68 Å². The van der Waals surface area contributed by atoms with E-state index in [1.807, 2.05) is 37.4 Å². The molecule has 2 rings (SSSR count). The van der Waals surface area contributed by atoms with E-state index >= 15 is 0 Å². The number of aryl methyl sites for hydroxylation is 1. The zero-order valence-electron chi connectivity index (χ0n) is 11.2. The van der Waals surface area contributed by atoms with Crippen molar-refractivity contribution in [3.05, 3.63) is 51.9 Å². The van der Waals surface area contributed by atoms with Crippen LogP contribution in [-0.2, 0) is 6.42 Å². The van der Waals surface area contributed by atoms with E-state index in [-0.39, 0.29) is 0 Å². The molecule has 0 saturated carbocycles. The fraction of sp³-hybridized carbons (Fsp3) is 0.214. The van der Waals surface area contributed by atoms with Gasteiger partial charge in [0.15, 0.2) is 0 Å². The van der Waals surface area contributed by atoms with Crippen LogP contribution in [0.2, 0.25) is 0 Å². The van der Waals surface area contributed by atoms with Gasteiger partial charge in [0.05, 0.1) is 5.69 Å². The number of carboxylic acids is 1. The molecule has 0 amide bonds. The van der Waals surface area contributed by atoms with Crippen molar-refractivity contribution >= 4 is 17.7 Å². The number of carbonyl (C=O) groups is 1. The smallest absolute Gasteiger partial charge is 0.360 e. The third kappa shape index (κ3) is 2.75. The van der Waals surface area contributed by atoms with Gasteiger partial charge in [-0.3, -0.25) is 4.79 Å². The molecule has 0 bridgehead atoms. The standard InChI is InChI=1S/C14H14N2O3S/c1-3-9-8-16(15-12(13(9)17)14(18)19)10-5-4-6-11(7-10)20-2/h4-8H,3H2,1-2H3,(H,18,19). The first-order valence-corrected chi connectivity index (χ1v) is 7.30. The molecule has 0 atom stereocenters. The van der Waals surface area contributed by atoms with Crippen molar-refractivity contribution in [2.75, 3.05) is 6.26 Å². The van der Waals surface area contributed by atoms with E-state index in [0.717, 1.165) is 10.6 Å². The highest BCUT2D eigenvalue weighted by molar-refractivity contribution is 7.98. The molecule has 0 aliphatic heterocycles. The minimum atomic E-state index is -1.31. The van der Waals surface area contributed by atoms with Crippen LogP contribution in [-0.4, -0.2) is 27.1 Å². The van der Waals surface area contributed by atoms with E-state index in [2.05, 4.69) is 5.10 Å². The van der Waals surface area contributed by atoms with Gasteiger partial charge in [0.2, 0.25) is 11.1 Å². The van der Waals surface area contributed by atoms with Crippen molar-refractivity contribution in [1.82, 2.24) is 9.78 Å². The average molecular weight is 290 g/mol. The monoisotopic (exact) mass is 290 g/mol. The van der Waals surface area contributed by atoms with Crippen LogP contribution in [0.4, 0.5) is 0 Å². The van der Waals surface area contributed by atoms with Gasteiger partial charge < -0.3 is 5.11 Å². The Morgan fingerprint density at radius 1 is 1.45 bits per heavy atom. The summed E-state index contributed by atoms with van der Waals surface area (Å²) >= 11 is 1.58. The Morgan fingerprint density at radius 3 is 2.80 bits per heavy atom. The molecule has 1 aromatic carbocycles. The fourth-order valence-electron chi connectivity index (χ4n) is 1.82. The summed E-state index contributed by atoms with van der Waals surface area (Å²) in [5.41, 5.74) is 0.206. The molecule has 0 unspecified atom stereocenters. The third-order valence-corrected chi connectivity index (χ3v) is 3.62. The molecule has 0 fully saturated rings. The summed E-state index contributed by atoms with van der Waals surface area (Å²) in [4.78, 5) is 24.0. The van der Waals surface area contributed by atoms with E-state index in [9.17, 15) is 9.59 Å². The quantitative estimate of drug-likeness (QED) is 0.874. The molecule has 1 aromatic heterocycles. The Bertz CT molecular complexity index is 710. The summed E-state index contributed by atoms with van der Waals surface area (Å²) in [6.07, 6.45) is 4.01. The largest absolute Gasteiger partial charge is 0.476 e. The second kappa shape index (κ2) is 5.92. The zero-order chi connectivity index (χ0) is 14.7. The molecule has 6 heteroatoms. The van der Waals surface area contributed by atoms with E-state index < -0.39 is 17.1 Å². The lowest BCUT2D eigenvalue weighted by molar-refractivity contribution is 0.0686. The molecule has 0 spiro atoms. The SMILES string of the molecule is CCc1cn(-c2cccc(SC)c2)nc(C(=O)O)c1=O. The van der Waals surface area contributed by atoms with Crippen LogP contribution in [0.5, 0.6) is 0 Å². The predicted molar refractivity (Wildman–Crippen MR) is 78.0 cm³/mol. The molecular formula is C14H14N2O3S. The molecule has 1 heterocycles. The lowest BCUT2D eigenvalue weighted by Gasteiger charge is -2.09. The zero-order valence-corrected chi connectivity index (χ0v) is 12.0. The van der Waals surface area contributed by atoms with Gasteiger partial charge in [-0.25, -0.2) is 9.48 Å². The molecule has 0 aliphatic carbocycles. The Balaban J connectivity index is 2.64. The van der Waals surface area contributed by atoms with Crippen molar-refractivity contribution in [2.45, 2.75) is 18.2 Å². The molecule has 104 valence electrons. The Kier molecular flexibility index (Phi) is 4.24. The molecule has 0 aliphatic rings. The second-order valence-electron chi connectivity index (χ2n) is 4.14. The van der Waals surface area contributed by atoms with Gasteiger partial charge in [-0.2, -0.15) is 5.10 Å². The Hall–Kier alpha value is -2.08. The summed E-state index contributed by atoms with van der Waals surface area (Å²) in [5, 5.41) is 13.0. The van der Waals surface area contributed by atoms with Crippen molar-refractivity contribution in [3.8, 4) is 5.69 Å². The number of hydrogen-bond acceptors (Lipinski definition) is 4. The third-order valence-electron chi connectivity index (χ3n) is 2.89. The molecule has 0 radical (unpaired) electrons. The predicted octanol–water partition coefficient (Wildman–Crippen LogP) is 2.21. The summed E-state index contributed by atoms with van der Waals surface area (Å²) in [5.74, 6) is -1.31. The number of nitrogens with zero attached hydrogens (tertiary/aromatic N) is 2. The summed E-state index contributed by atoms with van der Waals surface area (Å²) in [6, 6.07) is 7.54. The maximum atomic E-state index is 11.9. The number of carboxylic acid groups (broad SMARTS) is 1. The van der Waals surface area contributed by atoms with E-state index in [1.54, 1.807) is 18.0 Å². The number of thioether (sulfide) groups is 1. The highest BCUT2D eigenvalue weighted by atomic mass is 32.2. The van der Waals surface area contributed by atoms with Crippen LogP contribution in [0.25, 0.3) is 5.69 Å².